The van der Waals surface area contributed by atoms with Crippen LogP contribution in [-0.4, -0.2) is 17.8 Å². The fraction of sp³-hybridized carbons (Fsp3) is 0.222. The second kappa shape index (κ2) is 4.37. The molecular weight excluding hydrogens is 194 g/mol. The molecule has 0 atom stereocenters. The van der Waals surface area contributed by atoms with Crippen molar-refractivity contribution in [1.29, 1.82) is 0 Å². The first-order valence-corrected chi connectivity index (χ1v) is 5.02. The molecule has 0 saturated carbocycles. The Morgan fingerprint density at radius 2 is 2.15 bits per heavy atom. The number of rotatable bonds is 3. The molecule has 0 heterocycles. The Morgan fingerprint density at radius 3 is 2.77 bits per heavy atom. The van der Waals surface area contributed by atoms with Crippen LogP contribution in [0.4, 0.5) is 8.78 Å². The smallest absolute Gasteiger partial charge is 0.175 e. The first-order valence-electron chi connectivity index (χ1n) is 3.63. The minimum atomic E-state index is -1.05. The molecule has 0 spiro atoms. The lowest BCUT2D eigenvalue weighted by atomic mass is 10.1. The minimum Gasteiger partial charge on any atom is -0.293 e. The van der Waals surface area contributed by atoms with E-state index >= 15 is 0 Å². The molecule has 1 aromatic rings. The Hall–Kier alpha value is -0.900. The summed E-state index contributed by atoms with van der Waals surface area (Å²) in [4.78, 5) is 11.2. The van der Waals surface area contributed by atoms with Gasteiger partial charge in [0.25, 0.3) is 0 Å². The second-order valence-electron chi connectivity index (χ2n) is 2.46. The van der Waals surface area contributed by atoms with Gasteiger partial charge in [0.1, 0.15) is 0 Å². The number of hydrogen-bond acceptors (Lipinski definition) is 2. The number of hydrogen-bond donors (Lipinski definition) is 0. The van der Waals surface area contributed by atoms with Gasteiger partial charge >= 0.3 is 0 Å². The Balaban J connectivity index is 3.01. The molecule has 0 radical (unpaired) electrons. The highest BCUT2D eigenvalue weighted by Crippen LogP contribution is 2.13. The minimum absolute atomic E-state index is 0.167. The molecule has 0 bridgehead atoms. The summed E-state index contributed by atoms with van der Waals surface area (Å²) in [5.41, 5.74) is -0.172. The van der Waals surface area contributed by atoms with Crippen molar-refractivity contribution in [2.75, 3.05) is 12.0 Å². The third-order valence-electron chi connectivity index (χ3n) is 1.53. The predicted molar refractivity (Wildman–Crippen MR) is 49.1 cm³/mol. The van der Waals surface area contributed by atoms with Crippen LogP contribution in [0.2, 0.25) is 0 Å². The van der Waals surface area contributed by atoms with Crippen LogP contribution >= 0.6 is 11.8 Å². The van der Waals surface area contributed by atoms with E-state index in [9.17, 15) is 13.6 Å². The maximum Gasteiger partial charge on any atom is 0.175 e. The van der Waals surface area contributed by atoms with Gasteiger partial charge in [-0.05, 0) is 18.4 Å². The van der Waals surface area contributed by atoms with Crippen LogP contribution in [0.15, 0.2) is 18.2 Å². The molecule has 0 saturated heterocycles. The summed E-state index contributed by atoms with van der Waals surface area (Å²) in [7, 11) is 0. The molecule has 0 unspecified atom stereocenters. The Kier molecular flexibility index (Phi) is 3.42. The molecule has 13 heavy (non-hydrogen) atoms. The fourth-order valence-corrected chi connectivity index (χ4v) is 1.35. The number of ketones is 1. The summed E-state index contributed by atoms with van der Waals surface area (Å²) in [6.07, 6.45) is 1.73. The van der Waals surface area contributed by atoms with Gasteiger partial charge in [0.05, 0.1) is 11.3 Å². The van der Waals surface area contributed by atoms with Gasteiger partial charge in [-0.1, -0.05) is 6.07 Å². The van der Waals surface area contributed by atoms with E-state index in [1.165, 1.54) is 23.9 Å². The van der Waals surface area contributed by atoms with Crippen molar-refractivity contribution in [3.05, 3.63) is 35.4 Å². The number of halogens is 2. The Bertz CT molecular complexity index is 325. The third kappa shape index (κ3) is 2.28. The van der Waals surface area contributed by atoms with E-state index < -0.39 is 11.6 Å². The van der Waals surface area contributed by atoms with E-state index in [0.717, 1.165) is 6.07 Å². The Morgan fingerprint density at radius 1 is 1.46 bits per heavy atom. The number of thioether (sulfide) groups is 1. The topological polar surface area (TPSA) is 17.1 Å². The summed E-state index contributed by atoms with van der Waals surface area (Å²) in [5, 5.41) is 0. The van der Waals surface area contributed by atoms with Gasteiger partial charge < -0.3 is 0 Å². The standard InChI is InChI=1S/C9H8F2OS/c1-13-5-8(12)6-3-2-4-7(10)9(6)11/h2-4H,5H2,1H3. The summed E-state index contributed by atoms with van der Waals surface area (Å²) >= 11 is 1.28. The highest BCUT2D eigenvalue weighted by Gasteiger charge is 2.13. The molecule has 70 valence electrons. The highest BCUT2D eigenvalue weighted by atomic mass is 32.2. The van der Waals surface area contributed by atoms with E-state index in [2.05, 4.69) is 0 Å². The SMILES string of the molecule is CSCC(=O)c1cccc(F)c1F. The van der Waals surface area contributed by atoms with Crippen molar-refractivity contribution >= 4 is 17.5 Å². The van der Waals surface area contributed by atoms with Gasteiger partial charge in [0.2, 0.25) is 0 Å². The second-order valence-corrected chi connectivity index (χ2v) is 3.32. The molecule has 0 aliphatic carbocycles. The lowest BCUT2D eigenvalue weighted by Gasteiger charge is -2.00. The number of carbonyl (C=O) groups is 1. The fourth-order valence-electron chi connectivity index (χ4n) is 0.928. The van der Waals surface area contributed by atoms with Gasteiger partial charge in [-0.15, -0.1) is 0 Å². The van der Waals surface area contributed by atoms with Crippen LogP contribution in [0.3, 0.4) is 0 Å². The number of benzene rings is 1. The zero-order valence-electron chi connectivity index (χ0n) is 7.01. The summed E-state index contributed by atoms with van der Waals surface area (Å²) in [6.45, 7) is 0. The molecule has 1 aromatic carbocycles. The van der Waals surface area contributed by atoms with E-state index in [1.54, 1.807) is 6.26 Å². The molecule has 4 heteroatoms. The normalized spacial score (nSPS) is 10.1. The zero-order chi connectivity index (χ0) is 9.84. The highest BCUT2D eigenvalue weighted by molar-refractivity contribution is 7.99. The third-order valence-corrected chi connectivity index (χ3v) is 2.08. The number of Topliss-reactive ketones (excluding diaryl/α,β-unsaturated/α-hetero) is 1. The first kappa shape index (κ1) is 10.2. The molecule has 0 aliphatic rings. The van der Waals surface area contributed by atoms with Crippen LogP contribution in [0.5, 0.6) is 0 Å². The lowest BCUT2D eigenvalue weighted by Crippen LogP contribution is -2.06. The van der Waals surface area contributed by atoms with E-state index in [-0.39, 0.29) is 17.1 Å². The maximum atomic E-state index is 13.0. The van der Waals surface area contributed by atoms with E-state index in [1.807, 2.05) is 0 Å². The van der Waals surface area contributed by atoms with E-state index in [4.69, 9.17) is 0 Å². The first-order chi connectivity index (χ1) is 6.16. The largest absolute Gasteiger partial charge is 0.293 e. The van der Waals surface area contributed by atoms with Crippen molar-refractivity contribution in [2.24, 2.45) is 0 Å². The Labute approximate surface area is 79.1 Å². The summed E-state index contributed by atoms with van der Waals surface area (Å²) in [5.74, 6) is -2.25. The molecule has 0 aliphatic heterocycles. The molecule has 0 N–H and O–H groups in total. The van der Waals surface area contributed by atoms with Crippen molar-refractivity contribution in [2.45, 2.75) is 0 Å². The predicted octanol–water partition coefficient (Wildman–Crippen LogP) is 2.51. The van der Waals surface area contributed by atoms with Crippen molar-refractivity contribution in [3.63, 3.8) is 0 Å². The zero-order valence-corrected chi connectivity index (χ0v) is 7.83. The molecule has 0 fully saturated rings. The summed E-state index contributed by atoms with van der Waals surface area (Å²) in [6, 6.07) is 3.61. The molecule has 0 amide bonds. The summed E-state index contributed by atoms with van der Waals surface area (Å²) < 4.78 is 25.6. The average Bonchev–Trinajstić information content (AvgIpc) is 2.10. The molecule has 1 nitrogen and oxygen atoms in total. The van der Waals surface area contributed by atoms with Crippen molar-refractivity contribution < 1.29 is 13.6 Å². The lowest BCUT2D eigenvalue weighted by molar-refractivity contribution is 0.101. The van der Waals surface area contributed by atoms with Crippen LogP contribution in [0.25, 0.3) is 0 Å². The molecule has 0 aromatic heterocycles. The van der Waals surface area contributed by atoms with Gasteiger partial charge in [0, 0.05) is 0 Å². The van der Waals surface area contributed by atoms with Crippen LogP contribution < -0.4 is 0 Å². The maximum absolute atomic E-state index is 13.0. The van der Waals surface area contributed by atoms with Gasteiger partial charge in [-0.2, -0.15) is 11.8 Å². The number of carbonyl (C=O) groups excluding carboxylic acids is 1. The van der Waals surface area contributed by atoms with Crippen molar-refractivity contribution in [1.82, 2.24) is 0 Å². The molecular formula is C9H8F2OS. The van der Waals surface area contributed by atoms with Crippen LogP contribution in [0.1, 0.15) is 10.4 Å². The van der Waals surface area contributed by atoms with Gasteiger partial charge in [0.15, 0.2) is 17.4 Å². The van der Waals surface area contributed by atoms with Gasteiger partial charge in [-0.25, -0.2) is 8.78 Å². The van der Waals surface area contributed by atoms with Gasteiger partial charge in [-0.3, -0.25) is 4.79 Å². The van der Waals surface area contributed by atoms with Crippen LogP contribution in [0, 0.1) is 11.6 Å². The molecule has 1 rings (SSSR count). The van der Waals surface area contributed by atoms with Crippen molar-refractivity contribution in [3.8, 4) is 0 Å². The van der Waals surface area contributed by atoms with E-state index in [0.29, 0.717) is 0 Å². The monoisotopic (exact) mass is 202 g/mol. The average molecular weight is 202 g/mol. The van der Waals surface area contributed by atoms with Crippen LogP contribution in [-0.2, 0) is 0 Å². The quantitative estimate of drug-likeness (QED) is 0.700.